The molecule has 1 aromatic carbocycles. The number of pyridine rings is 1. The zero-order valence-corrected chi connectivity index (χ0v) is 16.0. The SMILES string of the molecule is CN1CCN(c2cc3c(cc2N)c(=O)c(C(=O)O)c2n3CCC2)CC1.Cl.O. The quantitative estimate of drug-likeness (QED) is 0.715. The second kappa shape index (κ2) is 7.75. The van der Waals surface area contributed by atoms with Gasteiger partial charge in [0.2, 0.25) is 5.43 Å². The smallest absolute Gasteiger partial charge is 0.341 e. The number of nitrogens with zero attached hydrogens (tertiary/aromatic N) is 3. The second-order valence-corrected chi connectivity index (χ2v) is 6.93. The zero-order chi connectivity index (χ0) is 17.7. The molecule has 8 nitrogen and oxygen atoms in total. The molecule has 27 heavy (non-hydrogen) atoms. The Morgan fingerprint density at radius 2 is 1.81 bits per heavy atom. The number of anilines is 2. The number of benzene rings is 1. The normalized spacial score (nSPS) is 16.6. The maximum Gasteiger partial charge on any atom is 0.341 e. The first-order chi connectivity index (χ1) is 12.0. The zero-order valence-electron chi connectivity index (χ0n) is 15.2. The summed E-state index contributed by atoms with van der Waals surface area (Å²) in [6, 6.07) is 3.63. The lowest BCUT2D eigenvalue weighted by atomic mass is 10.0. The van der Waals surface area contributed by atoms with E-state index in [2.05, 4.69) is 16.8 Å². The predicted molar refractivity (Wildman–Crippen MR) is 108 cm³/mol. The minimum absolute atomic E-state index is 0. The van der Waals surface area contributed by atoms with Crippen molar-refractivity contribution in [3.05, 3.63) is 33.6 Å². The number of nitrogen functional groups attached to an aromatic ring is 1. The van der Waals surface area contributed by atoms with Gasteiger partial charge in [-0.05, 0) is 32.0 Å². The molecular formula is C18H25ClN4O4. The molecule has 0 saturated carbocycles. The number of rotatable bonds is 2. The maximum atomic E-state index is 12.7. The van der Waals surface area contributed by atoms with Crippen LogP contribution in [0.3, 0.4) is 0 Å². The number of halogens is 1. The van der Waals surface area contributed by atoms with Gasteiger partial charge in [-0.2, -0.15) is 0 Å². The summed E-state index contributed by atoms with van der Waals surface area (Å²) in [4.78, 5) is 28.9. The Bertz CT molecular complexity index is 935. The van der Waals surface area contributed by atoms with Crippen LogP contribution in [0.25, 0.3) is 10.9 Å². The fraction of sp³-hybridized carbons (Fsp3) is 0.444. The molecule has 4 rings (SSSR count). The lowest BCUT2D eigenvalue weighted by molar-refractivity contribution is 0.0694. The number of carboxylic acid groups (broad SMARTS) is 1. The minimum atomic E-state index is -1.15. The molecule has 0 unspecified atom stereocenters. The fourth-order valence-electron chi connectivity index (χ4n) is 4.01. The minimum Gasteiger partial charge on any atom is -0.477 e. The van der Waals surface area contributed by atoms with Crippen LogP contribution in [0, 0.1) is 0 Å². The van der Waals surface area contributed by atoms with Gasteiger partial charge < -0.3 is 30.7 Å². The van der Waals surface area contributed by atoms with E-state index in [-0.39, 0.29) is 23.4 Å². The van der Waals surface area contributed by atoms with E-state index in [1.807, 2.05) is 10.6 Å². The number of fused-ring (bicyclic) bond motifs is 3. The number of aromatic nitrogens is 1. The van der Waals surface area contributed by atoms with E-state index in [1.165, 1.54) is 0 Å². The van der Waals surface area contributed by atoms with Crippen LogP contribution in [-0.2, 0) is 13.0 Å². The highest BCUT2D eigenvalue weighted by Crippen LogP contribution is 2.32. The Hall–Kier alpha value is -2.29. The molecule has 1 fully saturated rings. The Morgan fingerprint density at radius 1 is 1.15 bits per heavy atom. The van der Waals surface area contributed by atoms with E-state index >= 15 is 0 Å². The third-order valence-electron chi connectivity index (χ3n) is 5.38. The van der Waals surface area contributed by atoms with E-state index in [1.54, 1.807) is 6.07 Å². The van der Waals surface area contributed by atoms with Crippen LogP contribution in [0.5, 0.6) is 0 Å². The number of carboxylic acids is 1. The van der Waals surface area contributed by atoms with Crippen LogP contribution in [0.15, 0.2) is 16.9 Å². The van der Waals surface area contributed by atoms with Crippen molar-refractivity contribution in [2.45, 2.75) is 19.4 Å². The Balaban J connectivity index is 0.00000131. The van der Waals surface area contributed by atoms with E-state index in [0.717, 1.165) is 50.3 Å². The van der Waals surface area contributed by atoms with Crippen LogP contribution >= 0.6 is 12.4 Å². The average Bonchev–Trinajstić information content (AvgIpc) is 3.04. The second-order valence-electron chi connectivity index (χ2n) is 6.93. The Kier molecular flexibility index (Phi) is 6.04. The van der Waals surface area contributed by atoms with Crippen molar-refractivity contribution in [3.63, 3.8) is 0 Å². The molecule has 5 N–H and O–H groups in total. The molecule has 3 heterocycles. The topological polar surface area (TPSA) is 123 Å². The summed E-state index contributed by atoms with van der Waals surface area (Å²) in [5, 5.41) is 9.89. The molecular weight excluding hydrogens is 372 g/mol. The number of hydrogen-bond acceptors (Lipinski definition) is 5. The van der Waals surface area contributed by atoms with Gasteiger partial charge in [-0.25, -0.2) is 4.79 Å². The van der Waals surface area contributed by atoms with E-state index in [0.29, 0.717) is 23.2 Å². The van der Waals surface area contributed by atoms with Crippen LogP contribution in [-0.4, -0.2) is 59.2 Å². The van der Waals surface area contributed by atoms with E-state index in [9.17, 15) is 14.7 Å². The highest BCUT2D eigenvalue weighted by atomic mass is 35.5. The summed E-state index contributed by atoms with van der Waals surface area (Å²) < 4.78 is 1.99. The van der Waals surface area contributed by atoms with E-state index < -0.39 is 11.4 Å². The summed E-state index contributed by atoms with van der Waals surface area (Å²) in [6.07, 6.45) is 1.48. The number of aryl methyl sites for hydroxylation is 1. The Morgan fingerprint density at radius 3 is 2.44 bits per heavy atom. The summed E-state index contributed by atoms with van der Waals surface area (Å²) in [6.45, 7) is 4.44. The number of hydrogen-bond donors (Lipinski definition) is 2. The van der Waals surface area contributed by atoms with Crippen molar-refractivity contribution in [1.29, 1.82) is 0 Å². The molecule has 1 aromatic heterocycles. The standard InChI is InChI=1S/C18H22N4O3.ClH.H2O/c1-20-5-7-21(8-6-20)15-10-14-11(9-12(15)19)17(23)16(18(24)25)13-3-2-4-22(13)14;;/h9-10H,2-8,19H2,1H3,(H,24,25);1H;1H2. The first-order valence-corrected chi connectivity index (χ1v) is 8.63. The van der Waals surface area contributed by atoms with Crippen LogP contribution in [0.4, 0.5) is 11.4 Å². The highest BCUT2D eigenvalue weighted by Gasteiger charge is 2.26. The summed E-state index contributed by atoms with van der Waals surface area (Å²) in [5.41, 5.74) is 8.62. The fourth-order valence-corrected chi connectivity index (χ4v) is 4.01. The van der Waals surface area contributed by atoms with Gasteiger partial charge in [-0.1, -0.05) is 0 Å². The maximum absolute atomic E-state index is 12.7. The molecule has 0 radical (unpaired) electrons. The number of piperazine rings is 1. The largest absolute Gasteiger partial charge is 0.477 e. The molecule has 1 saturated heterocycles. The first-order valence-electron chi connectivity index (χ1n) is 8.63. The molecule has 2 aliphatic heterocycles. The molecule has 0 atom stereocenters. The molecule has 0 spiro atoms. The lowest BCUT2D eigenvalue weighted by Gasteiger charge is -2.35. The molecule has 0 bridgehead atoms. The van der Waals surface area contributed by atoms with Crippen molar-refractivity contribution in [1.82, 2.24) is 9.47 Å². The molecule has 148 valence electrons. The molecule has 0 aliphatic carbocycles. The molecule has 2 aromatic rings. The van der Waals surface area contributed by atoms with Crippen molar-refractivity contribution in [2.24, 2.45) is 0 Å². The molecule has 2 aliphatic rings. The van der Waals surface area contributed by atoms with Gasteiger partial charge in [0.1, 0.15) is 5.56 Å². The third kappa shape index (κ3) is 3.36. The van der Waals surface area contributed by atoms with Crippen LogP contribution < -0.4 is 16.1 Å². The van der Waals surface area contributed by atoms with Gasteiger partial charge in [0.15, 0.2) is 0 Å². The van der Waals surface area contributed by atoms with Gasteiger partial charge in [0, 0.05) is 43.8 Å². The van der Waals surface area contributed by atoms with Crippen LogP contribution in [0.1, 0.15) is 22.5 Å². The van der Waals surface area contributed by atoms with Crippen molar-refractivity contribution in [2.75, 3.05) is 43.9 Å². The highest BCUT2D eigenvalue weighted by molar-refractivity contribution is 5.97. The van der Waals surface area contributed by atoms with Gasteiger partial charge in [0.05, 0.1) is 16.9 Å². The number of carbonyl (C=O) groups is 1. The van der Waals surface area contributed by atoms with Crippen molar-refractivity contribution >= 4 is 40.7 Å². The lowest BCUT2D eigenvalue weighted by Crippen LogP contribution is -2.44. The number of aromatic carboxylic acids is 1. The van der Waals surface area contributed by atoms with Crippen molar-refractivity contribution in [3.8, 4) is 0 Å². The molecule has 0 amide bonds. The first kappa shape index (κ1) is 21.0. The van der Waals surface area contributed by atoms with Gasteiger partial charge >= 0.3 is 5.97 Å². The number of nitrogens with two attached hydrogens (primary N) is 1. The summed E-state index contributed by atoms with van der Waals surface area (Å²) in [5.74, 6) is -1.15. The summed E-state index contributed by atoms with van der Waals surface area (Å²) >= 11 is 0. The Labute approximate surface area is 162 Å². The summed E-state index contributed by atoms with van der Waals surface area (Å²) in [7, 11) is 2.10. The monoisotopic (exact) mass is 396 g/mol. The van der Waals surface area contributed by atoms with Gasteiger partial charge in [0.25, 0.3) is 0 Å². The predicted octanol–water partition coefficient (Wildman–Crippen LogP) is 0.577. The van der Waals surface area contributed by atoms with E-state index in [4.69, 9.17) is 5.73 Å². The third-order valence-corrected chi connectivity index (χ3v) is 5.38. The number of likely N-dealkylation sites (N-methyl/N-ethyl adjacent to an activating group) is 1. The van der Waals surface area contributed by atoms with Crippen LogP contribution in [0.2, 0.25) is 0 Å². The van der Waals surface area contributed by atoms with Gasteiger partial charge in [-0.15, -0.1) is 12.4 Å². The molecule has 9 heteroatoms. The van der Waals surface area contributed by atoms with Crippen molar-refractivity contribution < 1.29 is 15.4 Å². The van der Waals surface area contributed by atoms with Gasteiger partial charge in [-0.3, -0.25) is 4.79 Å². The average molecular weight is 397 g/mol.